The molecule has 1 aliphatic rings. The van der Waals surface area contributed by atoms with E-state index < -0.39 is 5.91 Å². The van der Waals surface area contributed by atoms with Crippen molar-refractivity contribution >= 4 is 29.1 Å². The number of aromatic nitrogens is 1. The van der Waals surface area contributed by atoms with Gasteiger partial charge in [0.15, 0.2) is 0 Å². The van der Waals surface area contributed by atoms with E-state index in [0.29, 0.717) is 22.8 Å². The smallest absolute Gasteiger partial charge is 0.263 e. The third kappa shape index (κ3) is 5.71. The lowest BCUT2D eigenvalue weighted by Gasteiger charge is -2.23. The third-order valence-corrected chi connectivity index (χ3v) is 6.20. The standard InChI is InChI=1S/C26H26ClN3O3/c27-23-14-13-20(16-22(23)25(32)28-19-10-5-2-6-11-19)29-24(31)21-12-7-15-30(26(21)33)17-18-8-3-1-4-9-18/h1,3-4,7-9,12-16,19H,2,5-6,10-11,17H2,(H,28,32)(H,29,31). The van der Waals surface area contributed by atoms with Gasteiger partial charge in [-0.2, -0.15) is 0 Å². The Bertz CT molecular complexity index is 1200. The Labute approximate surface area is 197 Å². The molecule has 3 aromatic rings. The van der Waals surface area contributed by atoms with E-state index in [9.17, 15) is 14.4 Å². The van der Waals surface area contributed by atoms with Crippen molar-refractivity contribution in [2.75, 3.05) is 5.32 Å². The molecule has 0 spiro atoms. The van der Waals surface area contributed by atoms with Crippen molar-refractivity contribution in [2.24, 2.45) is 0 Å². The first-order valence-electron chi connectivity index (χ1n) is 11.2. The summed E-state index contributed by atoms with van der Waals surface area (Å²) in [6, 6.07) is 17.6. The molecule has 6 nitrogen and oxygen atoms in total. The van der Waals surface area contributed by atoms with E-state index in [1.165, 1.54) is 17.1 Å². The summed E-state index contributed by atoms with van der Waals surface area (Å²) in [5, 5.41) is 6.08. The van der Waals surface area contributed by atoms with Crippen LogP contribution in [-0.2, 0) is 6.54 Å². The van der Waals surface area contributed by atoms with Crippen LogP contribution in [0.15, 0.2) is 71.7 Å². The Morgan fingerprint density at radius 1 is 0.909 bits per heavy atom. The Balaban J connectivity index is 1.49. The molecule has 7 heteroatoms. The first kappa shape index (κ1) is 22.8. The van der Waals surface area contributed by atoms with Crippen LogP contribution < -0.4 is 16.2 Å². The van der Waals surface area contributed by atoms with E-state index in [1.54, 1.807) is 30.5 Å². The van der Waals surface area contributed by atoms with E-state index >= 15 is 0 Å². The highest BCUT2D eigenvalue weighted by molar-refractivity contribution is 6.34. The molecule has 0 bridgehead atoms. The molecule has 0 aliphatic heterocycles. The highest BCUT2D eigenvalue weighted by atomic mass is 35.5. The van der Waals surface area contributed by atoms with E-state index in [4.69, 9.17) is 11.6 Å². The summed E-state index contributed by atoms with van der Waals surface area (Å²) in [7, 11) is 0. The van der Waals surface area contributed by atoms with Crippen LogP contribution in [0.1, 0.15) is 58.4 Å². The molecule has 0 saturated heterocycles. The number of carbonyl (C=O) groups is 2. The van der Waals surface area contributed by atoms with Gasteiger partial charge in [0.2, 0.25) is 0 Å². The topological polar surface area (TPSA) is 80.2 Å². The molecule has 1 fully saturated rings. The monoisotopic (exact) mass is 463 g/mol. The minimum atomic E-state index is -0.539. The second-order valence-electron chi connectivity index (χ2n) is 8.30. The van der Waals surface area contributed by atoms with Gasteiger partial charge in [-0.3, -0.25) is 14.4 Å². The van der Waals surface area contributed by atoms with Crippen LogP contribution in [0.2, 0.25) is 5.02 Å². The third-order valence-electron chi connectivity index (χ3n) is 5.87. The van der Waals surface area contributed by atoms with Gasteiger partial charge < -0.3 is 15.2 Å². The summed E-state index contributed by atoms with van der Waals surface area (Å²) in [6.07, 6.45) is 6.98. The number of benzene rings is 2. The van der Waals surface area contributed by atoms with Gasteiger partial charge in [-0.25, -0.2) is 0 Å². The molecule has 1 aliphatic carbocycles. The highest BCUT2D eigenvalue weighted by Crippen LogP contribution is 2.23. The number of carbonyl (C=O) groups excluding carboxylic acids is 2. The van der Waals surface area contributed by atoms with E-state index in [-0.39, 0.29) is 23.1 Å². The van der Waals surface area contributed by atoms with Crippen LogP contribution in [0.25, 0.3) is 0 Å². The largest absolute Gasteiger partial charge is 0.349 e. The predicted octanol–water partition coefficient (Wildman–Crippen LogP) is 4.86. The van der Waals surface area contributed by atoms with Crippen LogP contribution in [0.4, 0.5) is 5.69 Å². The van der Waals surface area contributed by atoms with Gasteiger partial charge in [-0.15, -0.1) is 0 Å². The number of nitrogens with zero attached hydrogens (tertiary/aromatic N) is 1. The number of hydrogen-bond acceptors (Lipinski definition) is 3. The van der Waals surface area contributed by atoms with Gasteiger partial charge in [0.1, 0.15) is 5.56 Å². The lowest BCUT2D eigenvalue weighted by Crippen LogP contribution is -2.36. The number of pyridine rings is 1. The fraction of sp³-hybridized carbons (Fsp3) is 0.269. The van der Waals surface area contributed by atoms with Crippen LogP contribution in [0, 0.1) is 0 Å². The van der Waals surface area contributed by atoms with Gasteiger partial charge in [0.05, 0.1) is 17.1 Å². The molecular weight excluding hydrogens is 438 g/mol. The van der Waals surface area contributed by atoms with Crippen LogP contribution in [0.3, 0.4) is 0 Å². The predicted molar refractivity (Wildman–Crippen MR) is 130 cm³/mol. The van der Waals surface area contributed by atoms with Gasteiger partial charge in [0.25, 0.3) is 17.4 Å². The van der Waals surface area contributed by atoms with Crippen molar-refractivity contribution in [1.29, 1.82) is 0 Å². The summed E-state index contributed by atoms with van der Waals surface area (Å²) in [6.45, 7) is 0.368. The molecule has 2 N–H and O–H groups in total. The number of nitrogens with one attached hydrogen (secondary N) is 2. The Morgan fingerprint density at radius 2 is 1.67 bits per heavy atom. The Kier molecular flexibility index (Phi) is 7.25. The van der Waals surface area contributed by atoms with Crippen LogP contribution in [-0.4, -0.2) is 22.4 Å². The Morgan fingerprint density at radius 3 is 2.42 bits per heavy atom. The molecule has 1 heterocycles. The summed E-state index contributed by atoms with van der Waals surface area (Å²) in [5.74, 6) is -0.795. The van der Waals surface area contributed by atoms with Crippen molar-refractivity contribution < 1.29 is 9.59 Å². The van der Waals surface area contributed by atoms with Crippen LogP contribution in [0.5, 0.6) is 0 Å². The zero-order valence-electron chi connectivity index (χ0n) is 18.2. The van der Waals surface area contributed by atoms with Gasteiger partial charge >= 0.3 is 0 Å². The molecule has 170 valence electrons. The first-order chi connectivity index (χ1) is 16.0. The minimum absolute atomic E-state index is 0.0246. The quantitative estimate of drug-likeness (QED) is 0.547. The van der Waals surface area contributed by atoms with Crippen molar-refractivity contribution in [1.82, 2.24) is 9.88 Å². The fourth-order valence-corrected chi connectivity index (χ4v) is 4.30. The first-order valence-corrected chi connectivity index (χ1v) is 11.5. The molecule has 2 aromatic carbocycles. The number of amides is 2. The maximum Gasteiger partial charge on any atom is 0.263 e. The molecule has 4 rings (SSSR count). The molecule has 2 amide bonds. The van der Waals surface area contributed by atoms with Gasteiger partial charge in [-0.1, -0.05) is 61.2 Å². The Hall–Kier alpha value is -3.38. The van der Waals surface area contributed by atoms with Crippen molar-refractivity contribution in [3.05, 3.63) is 98.9 Å². The second-order valence-corrected chi connectivity index (χ2v) is 8.70. The average Bonchev–Trinajstić information content (AvgIpc) is 2.83. The summed E-state index contributed by atoms with van der Waals surface area (Å²) in [4.78, 5) is 38.5. The molecule has 0 atom stereocenters. The van der Waals surface area contributed by atoms with Crippen molar-refractivity contribution in [3.63, 3.8) is 0 Å². The highest BCUT2D eigenvalue weighted by Gasteiger charge is 2.19. The average molecular weight is 464 g/mol. The van der Waals surface area contributed by atoms with Gasteiger partial charge in [0, 0.05) is 17.9 Å². The number of halogens is 1. The fourth-order valence-electron chi connectivity index (χ4n) is 4.10. The molecule has 0 radical (unpaired) electrons. The zero-order chi connectivity index (χ0) is 23.2. The normalized spacial score (nSPS) is 14.0. The lowest BCUT2D eigenvalue weighted by atomic mass is 9.95. The molecule has 1 aromatic heterocycles. The molecule has 0 unspecified atom stereocenters. The van der Waals surface area contributed by atoms with E-state index in [1.807, 2.05) is 30.3 Å². The zero-order valence-corrected chi connectivity index (χ0v) is 19.0. The molecule has 33 heavy (non-hydrogen) atoms. The molecular formula is C26H26ClN3O3. The summed E-state index contributed by atoms with van der Waals surface area (Å²) < 4.78 is 1.50. The second kappa shape index (κ2) is 10.5. The number of rotatable bonds is 6. The summed E-state index contributed by atoms with van der Waals surface area (Å²) >= 11 is 6.26. The molecule has 1 saturated carbocycles. The lowest BCUT2D eigenvalue weighted by molar-refractivity contribution is 0.0926. The maximum atomic E-state index is 12.9. The van der Waals surface area contributed by atoms with E-state index in [2.05, 4.69) is 10.6 Å². The number of hydrogen-bond donors (Lipinski definition) is 2. The van der Waals surface area contributed by atoms with Crippen LogP contribution >= 0.6 is 11.6 Å². The van der Waals surface area contributed by atoms with Crippen molar-refractivity contribution in [2.45, 2.75) is 44.7 Å². The van der Waals surface area contributed by atoms with Crippen molar-refractivity contribution in [3.8, 4) is 0 Å². The SMILES string of the molecule is O=C(NC1CCCCC1)c1cc(NC(=O)c2cccn(Cc3ccccc3)c2=O)ccc1Cl. The van der Waals surface area contributed by atoms with Gasteiger partial charge in [-0.05, 0) is 48.7 Å². The maximum absolute atomic E-state index is 12.9. The summed E-state index contributed by atoms with van der Waals surface area (Å²) in [5.41, 5.74) is 1.30. The minimum Gasteiger partial charge on any atom is -0.349 e. The van der Waals surface area contributed by atoms with E-state index in [0.717, 1.165) is 31.2 Å². The number of anilines is 1.